The van der Waals surface area contributed by atoms with Crippen LogP contribution in [0, 0.1) is 26.6 Å². The highest BCUT2D eigenvalue weighted by molar-refractivity contribution is 9.10. The quantitative estimate of drug-likeness (QED) is 0.764. The summed E-state index contributed by atoms with van der Waals surface area (Å²) in [5, 5.41) is 0. The SMILES string of the molecule is Cc1ccc(C)c(OCc2ccc(Br)cc2F)c1C. The van der Waals surface area contributed by atoms with Crippen LogP contribution in [0.25, 0.3) is 0 Å². The van der Waals surface area contributed by atoms with Crippen molar-refractivity contribution in [1.82, 2.24) is 0 Å². The lowest BCUT2D eigenvalue weighted by Gasteiger charge is -2.14. The van der Waals surface area contributed by atoms with Crippen molar-refractivity contribution in [3.8, 4) is 5.75 Å². The number of hydrogen-bond donors (Lipinski definition) is 0. The molecule has 0 bridgehead atoms. The standard InChI is InChI=1S/C16H16BrFO/c1-10-4-5-11(2)16(12(10)3)19-9-13-6-7-14(17)8-15(13)18/h4-8H,9H2,1-3H3. The molecule has 19 heavy (non-hydrogen) atoms. The van der Waals surface area contributed by atoms with Crippen LogP contribution in [-0.4, -0.2) is 0 Å². The third-order valence-corrected chi connectivity index (χ3v) is 3.75. The molecule has 0 amide bonds. The van der Waals surface area contributed by atoms with Crippen molar-refractivity contribution in [2.75, 3.05) is 0 Å². The number of halogens is 2. The molecule has 100 valence electrons. The van der Waals surface area contributed by atoms with Gasteiger partial charge in [-0.05, 0) is 49.6 Å². The van der Waals surface area contributed by atoms with Gasteiger partial charge in [-0.2, -0.15) is 0 Å². The van der Waals surface area contributed by atoms with Crippen LogP contribution in [0.1, 0.15) is 22.3 Å². The van der Waals surface area contributed by atoms with E-state index in [2.05, 4.69) is 22.0 Å². The molecular formula is C16H16BrFO. The van der Waals surface area contributed by atoms with Crippen LogP contribution in [0.5, 0.6) is 5.75 Å². The topological polar surface area (TPSA) is 9.23 Å². The molecule has 0 atom stereocenters. The van der Waals surface area contributed by atoms with Gasteiger partial charge in [-0.15, -0.1) is 0 Å². The van der Waals surface area contributed by atoms with Gasteiger partial charge < -0.3 is 4.74 Å². The van der Waals surface area contributed by atoms with Crippen molar-refractivity contribution in [2.24, 2.45) is 0 Å². The van der Waals surface area contributed by atoms with Crippen LogP contribution in [-0.2, 0) is 6.61 Å². The van der Waals surface area contributed by atoms with Crippen molar-refractivity contribution >= 4 is 15.9 Å². The average Bonchev–Trinajstić information content (AvgIpc) is 2.36. The van der Waals surface area contributed by atoms with Gasteiger partial charge >= 0.3 is 0 Å². The second-order valence-corrected chi connectivity index (χ2v) is 5.59. The Balaban J connectivity index is 2.21. The van der Waals surface area contributed by atoms with Crippen molar-refractivity contribution in [3.63, 3.8) is 0 Å². The molecule has 0 saturated carbocycles. The molecule has 0 radical (unpaired) electrons. The molecule has 3 heteroatoms. The smallest absolute Gasteiger partial charge is 0.130 e. The molecule has 0 aliphatic rings. The Hall–Kier alpha value is -1.35. The summed E-state index contributed by atoms with van der Waals surface area (Å²) in [7, 11) is 0. The summed E-state index contributed by atoms with van der Waals surface area (Å²) >= 11 is 3.24. The van der Waals surface area contributed by atoms with Crippen LogP contribution in [0.3, 0.4) is 0 Å². The first-order valence-electron chi connectivity index (χ1n) is 6.12. The minimum absolute atomic E-state index is 0.240. The Morgan fingerprint density at radius 3 is 2.42 bits per heavy atom. The summed E-state index contributed by atoms with van der Waals surface area (Å²) in [6.07, 6.45) is 0. The molecule has 0 fully saturated rings. The number of hydrogen-bond acceptors (Lipinski definition) is 1. The maximum atomic E-state index is 13.7. The summed E-state index contributed by atoms with van der Waals surface area (Å²) in [6, 6.07) is 9.10. The second kappa shape index (κ2) is 5.74. The van der Waals surface area contributed by atoms with E-state index in [1.807, 2.05) is 32.9 Å². The predicted molar refractivity (Wildman–Crippen MR) is 79.1 cm³/mol. The van der Waals surface area contributed by atoms with Crippen LogP contribution >= 0.6 is 15.9 Å². The fourth-order valence-corrected chi connectivity index (χ4v) is 2.27. The van der Waals surface area contributed by atoms with E-state index in [4.69, 9.17) is 4.74 Å². The molecule has 2 rings (SSSR count). The summed E-state index contributed by atoms with van der Waals surface area (Å²) in [5.74, 6) is 0.597. The lowest BCUT2D eigenvalue weighted by Crippen LogP contribution is -2.02. The van der Waals surface area contributed by atoms with Crippen molar-refractivity contribution in [1.29, 1.82) is 0 Å². The van der Waals surface area contributed by atoms with Crippen molar-refractivity contribution in [3.05, 3.63) is 62.9 Å². The van der Waals surface area contributed by atoms with Gasteiger partial charge in [0.1, 0.15) is 18.2 Å². The van der Waals surface area contributed by atoms with Crippen LogP contribution in [0.15, 0.2) is 34.8 Å². The first-order valence-corrected chi connectivity index (χ1v) is 6.92. The third-order valence-electron chi connectivity index (χ3n) is 3.26. The number of rotatable bonds is 3. The first-order chi connectivity index (χ1) is 8.99. The van der Waals surface area contributed by atoms with Crippen molar-refractivity contribution < 1.29 is 9.13 Å². The van der Waals surface area contributed by atoms with Crippen LogP contribution in [0.4, 0.5) is 4.39 Å². The molecule has 0 spiro atoms. The second-order valence-electron chi connectivity index (χ2n) is 4.68. The Bertz CT molecular complexity index is 608. The van der Waals surface area contributed by atoms with E-state index in [0.29, 0.717) is 5.56 Å². The first kappa shape index (κ1) is 14.1. The van der Waals surface area contributed by atoms with Crippen molar-refractivity contribution in [2.45, 2.75) is 27.4 Å². The van der Waals surface area contributed by atoms with E-state index in [9.17, 15) is 4.39 Å². The van der Waals surface area contributed by atoms with E-state index >= 15 is 0 Å². The van der Waals surface area contributed by atoms with Gasteiger partial charge in [-0.3, -0.25) is 0 Å². The Morgan fingerprint density at radius 1 is 1.05 bits per heavy atom. The van der Waals surface area contributed by atoms with Crippen LogP contribution < -0.4 is 4.74 Å². The summed E-state index contributed by atoms with van der Waals surface area (Å²) < 4.78 is 20.3. The minimum Gasteiger partial charge on any atom is -0.488 e. The monoisotopic (exact) mass is 322 g/mol. The fourth-order valence-electron chi connectivity index (χ4n) is 1.94. The lowest BCUT2D eigenvalue weighted by molar-refractivity contribution is 0.295. The third kappa shape index (κ3) is 3.16. The highest BCUT2D eigenvalue weighted by Gasteiger charge is 2.08. The molecule has 1 nitrogen and oxygen atoms in total. The van der Waals surface area contributed by atoms with E-state index in [-0.39, 0.29) is 12.4 Å². The molecule has 0 aliphatic carbocycles. The normalized spacial score (nSPS) is 10.6. The largest absolute Gasteiger partial charge is 0.488 e. The Morgan fingerprint density at radius 2 is 1.74 bits per heavy atom. The summed E-state index contributed by atoms with van der Waals surface area (Å²) in [5.41, 5.74) is 3.92. The van der Waals surface area contributed by atoms with Gasteiger partial charge in [0.25, 0.3) is 0 Å². The average molecular weight is 323 g/mol. The van der Waals surface area contributed by atoms with Gasteiger partial charge in [0.05, 0.1) is 0 Å². The molecule has 0 saturated heterocycles. The molecule has 2 aromatic rings. The molecule has 0 N–H and O–H groups in total. The van der Waals surface area contributed by atoms with Crippen LogP contribution in [0.2, 0.25) is 0 Å². The van der Waals surface area contributed by atoms with Gasteiger partial charge in [-0.25, -0.2) is 4.39 Å². The Kier molecular flexibility index (Phi) is 4.25. The van der Waals surface area contributed by atoms with Gasteiger partial charge in [0, 0.05) is 10.0 Å². The highest BCUT2D eigenvalue weighted by atomic mass is 79.9. The molecule has 0 aromatic heterocycles. The zero-order chi connectivity index (χ0) is 14.0. The van der Waals surface area contributed by atoms with E-state index in [1.165, 1.54) is 11.6 Å². The number of ether oxygens (including phenoxy) is 1. The van der Waals surface area contributed by atoms with Gasteiger partial charge in [-0.1, -0.05) is 34.1 Å². The maximum absolute atomic E-state index is 13.7. The number of benzene rings is 2. The maximum Gasteiger partial charge on any atom is 0.130 e. The minimum atomic E-state index is -0.252. The Labute approximate surface area is 121 Å². The summed E-state index contributed by atoms with van der Waals surface area (Å²) in [4.78, 5) is 0. The molecular weight excluding hydrogens is 307 g/mol. The fraction of sp³-hybridized carbons (Fsp3) is 0.250. The molecule has 0 unspecified atom stereocenters. The molecule has 2 aromatic carbocycles. The van der Waals surface area contributed by atoms with E-state index in [1.54, 1.807) is 6.07 Å². The van der Waals surface area contributed by atoms with E-state index < -0.39 is 0 Å². The summed E-state index contributed by atoms with van der Waals surface area (Å²) in [6.45, 7) is 6.31. The molecule has 0 aliphatic heterocycles. The van der Waals surface area contributed by atoms with Gasteiger partial charge in [0.2, 0.25) is 0 Å². The zero-order valence-corrected chi connectivity index (χ0v) is 12.8. The highest BCUT2D eigenvalue weighted by Crippen LogP contribution is 2.27. The predicted octanol–water partition coefficient (Wildman–Crippen LogP) is 5.09. The van der Waals surface area contributed by atoms with Gasteiger partial charge in [0.15, 0.2) is 0 Å². The van der Waals surface area contributed by atoms with E-state index in [0.717, 1.165) is 21.3 Å². The lowest BCUT2D eigenvalue weighted by atomic mass is 10.1. The number of aryl methyl sites for hydroxylation is 2. The zero-order valence-electron chi connectivity index (χ0n) is 11.3. The molecule has 0 heterocycles.